The van der Waals surface area contributed by atoms with Crippen LogP contribution in [-0.4, -0.2) is 47.9 Å². The molecule has 1 atom stereocenters. The molecule has 92 valence electrons. The topological polar surface area (TPSA) is 23.6 Å². The number of hydrogen-bond donors (Lipinski definition) is 0. The van der Waals surface area contributed by atoms with Crippen LogP contribution in [-0.2, 0) is 4.79 Å². The molecule has 2 rings (SSSR count). The normalized spacial score (nSPS) is 26.6. The molecule has 1 heterocycles. The van der Waals surface area contributed by atoms with Gasteiger partial charge in [-0.2, -0.15) is 0 Å². The third-order valence-corrected chi connectivity index (χ3v) is 3.79. The van der Waals surface area contributed by atoms with Crippen molar-refractivity contribution in [2.24, 2.45) is 5.41 Å². The van der Waals surface area contributed by atoms with Crippen LogP contribution in [0.2, 0.25) is 0 Å². The van der Waals surface area contributed by atoms with Crippen molar-refractivity contribution in [2.75, 3.05) is 20.1 Å². The lowest BCUT2D eigenvalue weighted by molar-refractivity contribution is -0.138. The molecule has 0 radical (unpaired) electrons. The molecule has 0 aromatic carbocycles. The van der Waals surface area contributed by atoms with Crippen LogP contribution in [0.5, 0.6) is 0 Å². The Morgan fingerprint density at radius 1 is 1.19 bits per heavy atom. The molecule has 1 saturated carbocycles. The third kappa shape index (κ3) is 2.40. The molecule has 0 bridgehead atoms. The molecule has 2 aliphatic rings. The summed E-state index contributed by atoms with van der Waals surface area (Å²) in [6.07, 6.45) is 3.84. The van der Waals surface area contributed by atoms with Crippen LogP contribution < -0.4 is 0 Å². The zero-order chi connectivity index (χ0) is 11.9. The van der Waals surface area contributed by atoms with Crippen molar-refractivity contribution in [3.63, 3.8) is 0 Å². The molecule has 0 aromatic heterocycles. The summed E-state index contributed by atoms with van der Waals surface area (Å²) in [6, 6.07) is 1.40. The molecular weight excluding hydrogens is 200 g/mol. The highest BCUT2D eigenvalue weighted by Crippen LogP contribution is 2.30. The molecule has 1 amide bonds. The number of likely N-dealkylation sites (N-methyl/N-ethyl adjacent to an activating group) is 1. The Bertz CT molecular complexity index is 278. The maximum Gasteiger partial charge on any atom is 0.228 e. The number of amides is 1. The Balaban J connectivity index is 1.90. The summed E-state index contributed by atoms with van der Waals surface area (Å²) < 4.78 is 0. The number of carbonyl (C=O) groups is 1. The zero-order valence-corrected chi connectivity index (χ0v) is 11.0. The standard InChI is InChI=1S/C13H24N2O/c1-13(2,3)12(16)15-8-7-11(9-15)14(4)10-5-6-10/h10-11H,5-9H2,1-4H3/t11-/m0/s1. The maximum atomic E-state index is 12.1. The molecule has 0 unspecified atom stereocenters. The highest BCUT2D eigenvalue weighted by Gasteiger charge is 2.38. The first kappa shape index (κ1) is 11.9. The van der Waals surface area contributed by atoms with Crippen LogP contribution in [0.4, 0.5) is 0 Å². The Labute approximate surface area is 98.8 Å². The molecule has 1 saturated heterocycles. The molecule has 1 aliphatic heterocycles. The summed E-state index contributed by atoms with van der Waals surface area (Å²) in [7, 11) is 2.22. The van der Waals surface area contributed by atoms with Gasteiger partial charge in [-0.3, -0.25) is 9.69 Å². The SMILES string of the molecule is CN(C1CC1)[C@H]1CCN(C(=O)C(C)(C)C)C1. The van der Waals surface area contributed by atoms with Gasteiger partial charge in [-0.05, 0) is 26.3 Å². The second kappa shape index (κ2) is 4.02. The quantitative estimate of drug-likeness (QED) is 0.713. The van der Waals surface area contributed by atoms with Gasteiger partial charge in [0.2, 0.25) is 5.91 Å². The average molecular weight is 224 g/mol. The molecule has 0 N–H and O–H groups in total. The fraction of sp³-hybridized carbons (Fsp3) is 0.923. The first-order chi connectivity index (χ1) is 7.39. The van der Waals surface area contributed by atoms with E-state index in [0.29, 0.717) is 11.9 Å². The zero-order valence-electron chi connectivity index (χ0n) is 11.0. The first-order valence-corrected chi connectivity index (χ1v) is 6.41. The van der Waals surface area contributed by atoms with E-state index in [1.807, 2.05) is 25.7 Å². The minimum Gasteiger partial charge on any atom is -0.341 e. The van der Waals surface area contributed by atoms with Crippen molar-refractivity contribution in [3.8, 4) is 0 Å². The van der Waals surface area contributed by atoms with Crippen molar-refractivity contribution in [1.82, 2.24) is 9.80 Å². The lowest BCUT2D eigenvalue weighted by Gasteiger charge is -2.28. The molecule has 16 heavy (non-hydrogen) atoms. The lowest BCUT2D eigenvalue weighted by atomic mass is 9.95. The van der Waals surface area contributed by atoms with Crippen LogP contribution >= 0.6 is 0 Å². The van der Waals surface area contributed by atoms with E-state index in [2.05, 4.69) is 11.9 Å². The van der Waals surface area contributed by atoms with E-state index in [0.717, 1.165) is 25.6 Å². The van der Waals surface area contributed by atoms with E-state index in [1.165, 1.54) is 12.8 Å². The van der Waals surface area contributed by atoms with Gasteiger partial charge in [-0.25, -0.2) is 0 Å². The fourth-order valence-electron chi connectivity index (χ4n) is 2.51. The Kier molecular flexibility index (Phi) is 2.99. The number of likely N-dealkylation sites (tertiary alicyclic amines) is 1. The Morgan fingerprint density at radius 3 is 2.31 bits per heavy atom. The van der Waals surface area contributed by atoms with E-state index in [1.54, 1.807) is 0 Å². The van der Waals surface area contributed by atoms with Gasteiger partial charge in [0, 0.05) is 30.6 Å². The molecule has 0 spiro atoms. The maximum absolute atomic E-state index is 12.1. The smallest absolute Gasteiger partial charge is 0.228 e. The minimum atomic E-state index is -0.229. The fourth-order valence-corrected chi connectivity index (χ4v) is 2.51. The molecule has 1 aliphatic carbocycles. The molecule has 3 heteroatoms. The number of hydrogen-bond acceptors (Lipinski definition) is 2. The predicted molar refractivity (Wildman–Crippen MR) is 65.2 cm³/mol. The van der Waals surface area contributed by atoms with Crippen molar-refractivity contribution in [1.29, 1.82) is 0 Å². The van der Waals surface area contributed by atoms with Gasteiger partial charge in [0.25, 0.3) is 0 Å². The van der Waals surface area contributed by atoms with Crippen LogP contribution in [0.3, 0.4) is 0 Å². The van der Waals surface area contributed by atoms with Crippen molar-refractivity contribution in [2.45, 2.75) is 52.1 Å². The van der Waals surface area contributed by atoms with Crippen LogP contribution in [0.15, 0.2) is 0 Å². The van der Waals surface area contributed by atoms with E-state index >= 15 is 0 Å². The molecule has 0 aromatic rings. The van der Waals surface area contributed by atoms with Crippen molar-refractivity contribution >= 4 is 5.91 Å². The summed E-state index contributed by atoms with van der Waals surface area (Å²) in [5.74, 6) is 0.305. The van der Waals surface area contributed by atoms with Crippen molar-refractivity contribution in [3.05, 3.63) is 0 Å². The summed E-state index contributed by atoms with van der Waals surface area (Å²) in [5, 5.41) is 0. The predicted octanol–water partition coefficient (Wildman–Crippen LogP) is 1.73. The summed E-state index contributed by atoms with van der Waals surface area (Å²) in [5.41, 5.74) is -0.229. The lowest BCUT2D eigenvalue weighted by Crippen LogP contribution is -2.41. The molecule has 2 fully saturated rings. The Hall–Kier alpha value is -0.570. The summed E-state index contributed by atoms with van der Waals surface area (Å²) in [6.45, 7) is 7.90. The second-order valence-corrected chi connectivity index (χ2v) is 6.34. The van der Waals surface area contributed by atoms with Gasteiger partial charge < -0.3 is 4.90 Å². The highest BCUT2D eigenvalue weighted by atomic mass is 16.2. The van der Waals surface area contributed by atoms with Crippen LogP contribution in [0.1, 0.15) is 40.0 Å². The van der Waals surface area contributed by atoms with Gasteiger partial charge in [-0.1, -0.05) is 20.8 Å². The molecule has 3 nitrogen and oxygen atoms in total. The van der Waals surface area contributed by atoms with Crippen molar-refractivity contribution < 1.29 is 4.79 Å². The second-order valence-electron chi connectivity index (χ2n) is 6.34. The van der Waals surface area contributed by atoms with Gasteiger partial charge >= 0.3 is 0 Å². The molecular formula is C13H24N2O. The van der Waals surface area contributed by atoms with E-state index in [9.17, 15) is 4.79 Å². The highest BCUT2D eigenvalue weighted by molar-refractivity contribution is 5.81. The summed E-state index contributed by atoms with van der Waals surface area (Å²) in [4.78, 5) is 16.7. The third-order valence-electron chi connectivity index (χ3n) is 3.79. The van der Waals surface area contributed by atoms with Gasteiger partial charge in [0.05, 0.1) is 0 Å². The van der Waals surface area contributed by atoms with E-state index < -0.39 is 0 Å². The summed E-state index contributed by atoms with van der Waals surface area (Å²) >= 11 is 0. The largest absolute Gasteiger partial charge is 0.341 e. The van der Waals surface area contributed by atoms with Gasteiger partial charge in [-0.15, -0.1) is 0 Å². The number of rotatable bonds is 2. The van der Waals surface area contributed by atoms with E-state index in [-0.39, 0.29) is 5.41 Å². The average Bonchev–Trinajstić information content (AvgIpc) is 2.92. The van der Waals surface area contributed by atoms with Gasteiger partial charge in [0.1, 0.15) is 0 Å². The number of nitrogens with zero attached hydrogens (tertiary/aromatic N) is 2. The Morgan fingerprint density at radius 2 is 1.81 bits per heavy atom. The van der Waals surface area contributed by atoms with Gasteiger partial charge in [0.15, 0.2) is 0 Å². The first-order valence-electron chi connectivity index (χ1n) is 6.41. The van der Waals surface area contributed by atoms with E-state index in [4.69, 9.17) is 0 Å². The number of carbonyl (C=O) groups excluding carboxylic acids is 1. The van der Waals surface area contributed by atoms with Crippen LogP contribution in [0, 0.1) is 5.41 Å². The monoisotopic (exact) mass is 224 g/mol. The van der Waals surface area contributed by atoms with Crippen LogP contribution in [0.25, 0.3) is 0 Å². The minimum absolute atomic E-state index is 0.229.